The summed E-state index contributed by atoms with van der Waals surface area (Å²) in [5.74, 6) is 1.36. The third kappa shape index (κ3) is 2.56. The number of aromatic nitrogens is 6. The van der Waals surface area contributed by atoms with E-state index >= 15 is 0 Å². The van der Waals surface area contributed by atoms with E-state index < -0.39 is 0 Å². The van der Waals surface area contributed by atoms with Gasteiger partial charge in [0.2, 0.25) is 0 Å². The van der Waals surface area contributed by atoms with Gasteiger partial charge in [0.1, 0.15) is 5.82 Å². The lowest BCUT2D eigenvalue weighted by atomic mass is 9.94. The van der Waals surface area contributed by atoms with E-state index in [4.69, 9.17) is 0 Å². The highest BCUT2D eigenvalue weighted by molar-refractivity contribution is 5.94. The highest BCUT2D eigenvalue weighted by Crippen LogP contribution is 2.30. The van der Waals surface area contributed by atoms with Crippen molar-refractivity contribution in [2.45, 2.75) is 18.9 Å². The minimum absolute atomic E-state index is 0.0399. The molecule has 26 heavy (non-hydrogen) atoms. The van der Waals surface area contributed by atoms with Gasteiger partial charge < -0.3 is 9.80 Å². The van der Waals surface area contributed by atoms with E-state index in [-0.39, 0.29) is 11.9 Å². The summed E-state index contributed by atoms with van der Waals surface area (Å²) in [6.07, 6.45) is 9.05. The number of carbonyl (C=O) groups excluding carboxylic acids is 1. The summed E-state index contributed by atoms with van der Waals surface area (Å²) in [4.78, 5) is 26.0. The van der Waals surface area contributed by atoms with Crippen molar-refractivity contribution in [3.8, 4) is 0 Å². The molecular weight excluding hydrogens is 332 g/mol. The predicted molar refractivity (Wildman–Crippen MR) is 92.6 cm³/mol. The molecule has 1 amide bonds. The Labute approximate surface area is 149 Å². The highest BCUT2D eigenvalue weighted by Gasteiger charge is 2.38. The molecule has 132 valence electrons. The maximum Gasteiger partial charge on any atom is 0.255 e. The molecule has 0 aliphatic carbocycles. The fourth-order valence-corrected chi connectivity index (χ4v) is 4.01. The van der Waals surface area contributed by atoms with E-state index in [1.165, 1.54) is 4.52 Å². The first-order valence-corrected chi connectivity index (χ1v) is 8.77. The van der Waals surface area contributed by atoms with E-state index in [0.29, 0.717) is 17.1 Å². The van der Waals surface area contributed by atoms with Crippen LogP contribution in [-0.4, -0.2) is 66.5 Å². The van der Waals surface area contributed by atoms with Crippen molar-refractivity contribution in [3.05, 3.63) is 42.5 Å². The van der Waals surface area contributed by atoms with E-state index in [0.717, 1.165) is 38.3 Å². The van der Waals surface area contributed by atoms with Gasteiger partial charge in [-0.05, 0) is 41.3 Å². The fraction of sp³-hybridized carbons (Fsp3) is 0.412. The van der Waals surface area contributed by atoms with E-state index in [1.807, 2.05) is 4.90 Å². The zero-order valence-corrected chi connectivity index (χ0v) is 14.1. The first kappa shape index (κ1) is 15.2. The summed E-state index contributed by atoms with van der Waals surface area (Å²) in [7, 11) is 0. The molecule has 6 heterocycles. The molecule has 3 aromatic rings. The molecule has 3 saturated heterocycles. The SMILES string of the molecule is O=C(c1ccc2nnnn2c1)N1C[C@H]2CC[C@@H]1CN(c1cnccn1)C2. The molecule has 6 rings (SSSR count). The smallest absolute Gasteiger partial charge is 0.255 e. The Hall–Kier alpha value is -3.10. The van der Waals surface area contributed by atoms with Gasteiger partial charge in [-0.2, -0.15) is 4.52 Å². The lowest BCUT2D eigenvalue weighted by molar-refractivity contribution is 0.0591. The molecule has 3 aliphatic rings. The lowest BCUT2D eigenvalue weighted by Crippen LogP contribution is -2.47. The number of tetrazole rings is 1. The molecular formula is C17H18N8O. The average Bonchev–Trinajstić information content (AvgIpc) is 2.97. The van der Waals surface area contributed by atoms with E-state index in [1.54, 1.807) is 36.9 Å². The molecule has 2 atom stereocenters. The summed E-state index contributed by atoms with van der Waals surface area (Å²) in [6.45, 7) is 2.47. The Bertz CT molecular complexity index is 942. The van der Waals surface area contributed by atoms with Crippen LogP contribution in [0.4, 0.5) is 5.82 Å². The molecule has 0 radical (unpaired) electrons. The van der Waals surface area contributed by atoms with Gasteiger partial charge in [-0.15, -0.1) is 5.10 Å². The van der Waals surface area contributed by atoms with Crippen LogP contribution in [0, 0.1) is 5.92 Å². The van der Waals surface area contributed by atoms with Gasteiger partial charge in [0.25, 0.3) is 5.91 Å². The second-order valence-corrected chi connectivity index (χ2v) is 6.92. The molecule has 9 nitrogen and oxygen atoms in total. The zero-order chi connectivity index (χ0) is 17.5. The molecule has 0 spiro atoms. The van der Waals surface area contributed by atoms with Crippen molar-refractivity contribution in [2.75, 3.05) is 24.5 Å². The Morgan fingerprint density at radius 2 is 2.08 bits per heavy atom. The quantitative estimate of drug-likeness (QED) is 0.670. The normalized spacial score (nSPS) is 22.6. The number of amides is 1. The van der Waals surface area contributed by atoms with Gasteiger partial charge in [-0.3, -0.25) is 9.78 Å². The average molecular weight is 350 g/mol. The second-order valence-electron chi connectivity index (χ2n) is 6.92. The van der Waals surface area contributed by atoms with Gasteiger partial charge in [-0.25, -0.2) is 4.98 Å². The van der Waals surface area contributed by atoms with Gasteiger partial charge >= 0.3 is 0 Å². The van der Waals surface area contributed by atoms with Crippen molar-refractivity contribution in [2.24, 2.45) is 5.92 Å². The predicted octanol–water partition coefficient (Wildman–Crippen LogP) is 0.655. The first-order chi connectivity index (χ1) is 12.8. The van der Waals surface area contributed by atoms with Crippen LogP contribution < -0.4 is 4.90 Å². The van der Waals surface area contributed by atoms with Crippen LogP contribution in [0.1, 0.15) is 23.2 Å². The Balaban J connectivity index is 1.42. The summed E-state index contributed by atoms with van der Waals surface area (Å²) in [6, 6.07) is 3.75. The van der Waals surface area contributed by atoms with Gasteiger partial charge in [0, 0.05) is 44.3 Å². The minimum Gasteiger partial charge on any atom is -0.353 e. The molecule has 2 bridgehead atoms. The van der Waals surface area contributed by atoms with Crippen LogP contribution in [0.3, 0.4) is 0 Å². The number of pyridine rings is 1. The Morgan fingerprint density at radius 3 is 2.96 bits per heavy atom. The van der Waals surface area contributed by atoms with Crippen molar-refractivity contribution in [1.29, 1.82) is 0 Å². The second kappa shape index (κ2) is 6.01. The number of nitrogens with zero attached hydrogens (tertiary/aromatic N) is 8. The third-order valence-corrected chi connectivity index (χ3v) is 5.29. The number of piperidine rings is 1. The number of rotatable bonds is 2. The molecule has 0 saturated carbocycles. The van der Waals surface area contributed by atoms with Crippen molar-refractivity contribution in [3.63, 3.8) is 0 Å². The van der Waals surface area contributed by atoms with Crippen LogP contribution >= 0.6 is 0 Å². The van der Waals surface area contributed by atoms with Gasteiger partial charge in [-0.1, -0.05) is 0 Å². The number of hydrogen-bond acceptors (Lipinski definition) is 7. The first-order valence-electron chi connectivity index (χ1n) is 8.77. The molecule has 0 unspecified atom stereocenters. The van der Waals surface area contributed by atoms with Gasteiger partial charge in [0.05, 0.1) is 11.8 Å². The van der Waals surface area contributed by atoms with Crippen LogP contribution in [-0.2, 0) is 0 Å². The molecule has 3 aromatic heterocycles. The summed E-state index contributed by atoms with van der Waals surface area (Å²) >= 11 is 0. The largest absolute Gasteiger partial charge is 0.353 e. The monoisotopic (exact) mass is 350 g/mol. The molecule has 9 heteroatoms. The maximum atomic E-state index is 13.1. The zero-order valence-electron chi connectivity index (χ0n) is 14.1. The standard InChI is InChI=1S/C17H18N8O/c26-17(13-2-4-15-20-21-22-25(15)10-13)24-9-12-1-3-14(24)11-23(8-12)16-7-18-5-6-19-16/h2,4-7,10,12,14H,1,3,8-9,11H2/t12-,14+/m0/s1. The van der Waals surface area contributed by atoms with Crippen LogP contribution in [0.15, 0.2) is 36.9 Å². The van der Waals surface area contributed by atoms with E-state index in [9.17, 15) is 4.79 Å². The lowest BCUT2D eigenvalue weighted by Gasteiger charge is -2.36. The van der Waals surface area contributed by atoms with Crippen LogP contribution in [0.5, 0.6) is 0 Å². The van der Waals surface area contributed by atoms with E-state index in [2.05, 4.69) is 30.4 Å². The van der Waals surface area contributed by atoms with Crippen molar-refractivity contribution >= 4 is 17.4 Å². The third-order valence-electron chi connectivity index (χ3n) is 5.29. The molecule has 3 fully saturated rings. The number of carbonyl (C=O) groups is 1. The van der Waals surface area contributed by atoms with Crippen LogP contribution in [0.25, 0.3) is 5.65 Å². The topological polar surface area (TPSA) is 92.4 Å². The summed E-state index contributed by atoms with van der Waals surface area (Å²) < 4.78 is 1.54. The number of fused-ring (bicyclic) bond motifs is 5. The molecule has 3 aliphatic heterocycles. The van der Waals surface area contributed by atoms with Crippen molar-refractivity contribution in [1.82, 2.24) is 34.9 Å². The summed E-state index contributed by atoms with van der Waals surface area (Å²) in [5.41, 5.74) is 1.25. The Kier molecular flexibility index (Phi) is 3.51. The minimum atomic E-state index is 0.0399. The molecule has 0 aromatic carbocycles. The number of anilines is 1. The Morgan fingerprint density at radius 1 is 1.12 bits per heavy atom. The van der Waals surface area contributed by atoms with Crippen molar-refractivity contribution < 1.29 is 4.79 Å². The maximum absolute atomic E-state index is 13.1. The summed E-state index contributed by atoms with van der Waals surface area (Å²) in [5, 5.41) is 11.4. The van der Waals surface area contributed by atoms with Gasteiger partial charge in [0.15, 0.2) is 5.65 Å². The van der Waals surface area contributed by atoms with Crippen LogP contribution in [0.2, 0.25) is 0 Å². The number of hydrogen-bond donors (Lipinski definition) is 0. The highest BCUT2D eigenvalue weighted by atomic mass is 16.2. The molecule has 0 N–H and O–H groups in total. The fourth-order valence-electron chi connectivity index (χ4n) is 4.01.